The van der Waals surface area contributed by atoms with Gasteiger partial charge in [-0.3, -0.25) is 0 Å². The van der Waals surface area contributed by atoms with Crippen molar-refractivity contribution in [2.45, 2.75) is 23.8 Å². The Balaban J connectivity index is 0.00000180. The van der Waals surface area contributed by atoms with E-state index in [0.29, 0.717) is 6.54 Å². The second-order valence-corrected chi connectivity index (χ2v) is 6.36. The minimum atomic E-state index is -3.68. The Morgan fingerprint density at radius 2 is 2.21 bits per heavy atom. The van der Waals surface area contributed by atoms with Crippen LogP contribution >= 0.6 is 24.0 Å². The van der Waals surface area contributed by atoms with Crippen LogP contribution in [0.4, 0.5) is 4.39 Å². The molecule has 1 heterocycles. The van der Waals surface area contributed by atoms with Gasteiger partial charge in [-0.25, -0.2) is 17.5 Å². The third kappa shape index (κ3) is 4.29. The maximum absolute atomic E-state index is 12.9. The molecule has 0 bridgehead atoms. The first-order valence-corrected chi connectivity index (χ1v) is 7.53. The number of rotatable bonds is 4. The maximum Gasteiger partial charge on any atom is 0.242 e. The molecule has 19 heavy (non-hydrogen) atoms. The van der Waals surface area contributed by atoms with Crippen LogP contribution in [0.25, 0.3) is 0 Å². The zero-order valence-electron chi connectivity index (χ0n) is 10.0. The van der Waals surface area contributed by atoms with Crippen molar-refractivity contribution in [2.24, 2.45) is 0 Å². The Labute approximate surface area is 123 Å². The maximum atomic E-state index is 12.9. The van der Waals surface area contributed by atoms with Crippen LogP contribution in [0.2, 0.25) is 5.02 Å². The van der Waals surface area contributed by atoms with E-state index in [4.69, 9.17) is 11.6 Å². The lowest BCUT2D eigenvalue weighted by Crippen LogP contribution is -2.37. The molecular weight excluding hydrogens is 314 g/mol. The highest BCUT2D eigenvalue weighted by Gasteiger charge is 2.21. The third-order valence-corrected chi connectivity index (χ3v) is 4.77. The van der Waals surface area contributed by atoms with Gasteiger partial charge in [0.25, 0.3) is 0 Å². The summed E-state index contributed by atoms with van der Waals surface area (Å²) in [4.78, 5) is -0.0939. The van der Waals surface area contributed by atoms with Crippen molar-refractivity contribution in [3.05, 3.63) is 29.0 Å². The third-order valence-electron chi connectivity index (χ3n) is 2.87. The van der Waals surface area contributed by atoms with Gasteiger partial charge in [0.15, 0.2) is 0 Å². The molecule has 108 valence electrons. The molecule has 0 amide bonds. The van der Waals surface area contributed by atoms with Crippen LogP contribution in [0, 0.1) is 5.82 Å². The molecule has 0 radical (unpaired) electrons. The summed E-state index contributed by atoms with van der Waals surface area (Å²) < 4.78 is 39.3. The minimum Gasteiger partial charge on any atom is -0.313 e. The van der Waals surface area contributed by atoms with Crippen molar-refractivity contribution in [2.75, 3.05) is 13.1 Å². The van der Waals surface area contributed by atoms with Gasteiger partial charge >= 0.3 is 0 Å². The molecule has 0 spiro atoms. The van der Waals surface area contributed by atoms with E-state index in [2.05, 4.69) is 10.0 Å². The van der Waals surface area contributed by atoms with Gasteiger partial charge in [0.2, 0.25) is 10.0 Å². The van der Waals surface area contributed by atoms with E-state index < -0.39 is 15.8 Å². The summed E-state index contributed by atoms with van der Waals surface area (Å²) in [6, 6.07) is 3.39. The summed E-state index contributed by atoms with van der Waals surface area (Å²) in [5, 5.41) is 3.08. The first-order chi connectivity index (χ1) is 8.49. The van der Waals surface area contributed by atoms with E-state index in [-0.39, 0.29) is 28.4 Å². The highest BCUT2D eigenvalue weighted by molar-refractivity contribution is 7.89. The average molecular weight is 329 g/mol. The molecule has 1 aliphatic heterocycles. The summed E-state index contributed by atoms with van der Waals surface area (Å²) >= 11 is 5.73. The molecule has 1 aromatic carbocycles. The Morgan fingerprint density at radius 3 is 2.79 bits per heavy atom. The van der Waals surface area contributed by atoms with Crippen molar-refractivity contribution in [1.29, 1.82) is 0 Å². The summed E-state index contributed by atoms with van der Waals surface area (Å²) in [7, 11) is -3.68. The average Bonchev–Trinajstić information content (AvgIpc) is 2.78. The molecule has 1 saturated heterocycles. The van der Waals surface area contributed by atoms with Gasteiger partial charge in [-0.2, -0.15) is 0 Å². The van der Waals surface area contributed by atoms with E-state index in [1.807, 2.05) is 0 Å². The summed E-state index contributed by atoms with van der Waals surface area (Å²) in [6.07, 6.45) is 1.99. The first kappa shape index (κ1) is 16.7. The predicted octanol–water partition coefficient (Wildman–Crippen LogP) is 1.93. The fraction of sp³-hybridized carbons (Fsp3) is 0.455. The monoisotopic (exact) mass is 328 g/mol. The first-order valence-electron chi connectivity index (χ1n) is 5.67. The molecule has 0 saturated carbocycles. The number of sulfonamides is 1. The lowest BCUT2D eigenvalue weighted by Gasteiger charge is -2.12. The van der Waals surface area contributed by atoms with Gasteiger partial charge in [-0.05, 0) is 37.6 Å². The van der Waals surface area contributed by atoms with E-state index >= 15 is 0 Å². The van der Waals surface area contributed by atoms with Crippen LogP contribution < -0.4 is 10.0 Å². The quantitative estimate of drug-likeness (QED) is 0.887. The van der Waals surface area contributed by atoms with E-state index in [9.17, 15) is 12.8 Å². The second kappa shape index (κ2) is 6.85. The van der Waals surface area contributed by atoms with E-state index in [1.54, 1.807) is 0 Å². The Morgan fingerprint density at radius 1 is 1.47 bits per heavy atom. The highest BCUT2D eigenvalue weighted by atomic mass is 35.5. The molecule has 1 atom stereocenters. The molecule has 0 aromatic heterocycles. The Bertz CT molecular complexity index is 533. The minimum absolute atomic E-state index is 0. The fourth-order valence-corrected chi connectivity index (χ4v) is 3.52. The van der Waals surface area contributed by atoms with Crippen molar-refractivity contribution in [1.82, 2.24) is 10.0 Å². The highest BCUT2D eigenvalue weighted by Crippen LogP contribution is 2.22. The van der Waals surface area contributed by atoms with Crippen LogP contribution in [-0.4, -0.2) is 27.5 Å². The molecule has 2 rings (SSSR count). The molecule has 1 aromatic rings. The molecule has 4 nitrogen and oxygen atoms in total. The number of nitrogens with one attached hydrogen (secondary N) is 2. The van der Waals surface area contributed by atoms with Crippen molar-refractivity contribution in [3.63, 3.8) is 0 Å². The summed E-state index contributed by atoms with van der Waals surface area (Å²) in [5.74, 6) is -0.559. The number of benzene rings is 1. The standard InChI is InChI=1S/C11H14ClFN2O2S.ClH/c12-10-6-8(13)3-4-11(10)18(16,17)15-7-9-2-1-5-14-9;/h3-4,6,9,14-15H,1-2,5,7H2;1H. The molecule has 0 aliphatic carbocycles. The summed E-state index contributed by atoms with van der Waals surface area (Å²) in [6.45, 7) is 1.22. The number of hydrogen-bond donors (Lipinski definition) is 2. The van der Waals surface area contributed by atoms with Gasteiger partial charge in [0, 0.05) is 12.6 Å². The van der Waals surface area contributed by atoms with Crippen LogP contribution in [0.15, 0.2) is 23.1 Å². The molecule has 1 unspecified atom stereocenters. The van der Waals surface area contributed by atoms with Crippen LogP contribution in [0.3, 0.4) is 0 Å². The number of halogens is 3. The molecular formula is C11H15Cl2FN2O2S. The van der Waals surface area contributed by atoms with Gasteiger partial charge in [-0.1, -0.05) is 11.6 Å². The van der Waals surface area contributed by atoms with Crippen LogP contribution in [0.1, 0.15) is 12.8 Å². The van der Waals surface area contributed by atoms with E-state index in [0.717, 1.165) is 31.5 Å². The van der Waals surface area contributed by atoms with Gasteiger partial charge in [0.05, 0.1) is 5.02 Å². The van der Waals surface area contributed by atoms with Gasteiger partial charge < -0.3 is 5.32 Å². The van der Waals surface area contributed by atoms with Crippen molar-refractivity contribution >= 4 is 34.0 Å². The van der Waals surface area contributed by atoms with Crippen molar-refractivity contribution in [3.8, 4) is 0 Å². The fourth-order valence-electron chi connectivity index (χ4n) is 1.91. The van der Waals surface area contributed by atoms with Crippen LogP contribution in [-0.2, 0) is 10.0 Å². The second-order valence-electron chi connectivity index (χ2n) is 4.22. The van der Waals surface area contributed by atoms with Crippen molar-refractivity contribution < 1.29 is 12.8 Å². The Kier molecular flexibility index (Phi) is 6.01. The van der Waals surface area contributed by atoms with Gasteiger partial charge in [0.1, 0.15) is 10.7 Å². The summed E-state index contributed by atoms with van der Waals surface area (Å²) in [5.41, 5.74) is 0. The Hall–Kier alpha value is -0.400. The normalized spacial score (nSPS) is 19.2. The number of hydrogen-bond acceptors (Lipinski definition) is 3. The molecule has 2 N–H and O–H groups in total. The van der Waals surface area contributed by atoms with Gasteiger partial charge in [-0.15, -0.1) is 12.4 Å². The SMILES string of the molecule is Cl.O=S(=O)(NCC1CCCN1)c1ccc(F)cc1Cl. The zero-order chi connectivity index (χ0) is 13.2. The topological polar surface area (TPSA) is 58.2 Å². The van der Waals surface area contributed by atoms with E-state index in [1.165, 1.54) is 6.07 Å². The lowest BCUT2D eigenvalue weighted by molar-refractivity contribution is 0.551. The lowest BCUT2D eigenvalue weighted by atomic mass is 10.2. The predicted molar refractivity (Wildman–Crippen MR) is 74.9 cm³/mol. The van der Waals surface area contributed by atoms with Crippen LogP contribution in [0.5, 0.6) is 0 Å². The zero-order valence-corrected chi connectivity index (χ0v) is 12.4. The smallest absolute Gasteiger partial charge is 0.242 e. The molecule has 1 aliphatic rings. The molecule has 1 fully saturated rings. The molecule has 8 heteroatoms. The largest absolute Gasteiger partial charge is 0.313 e.